The molecule has 1 heterocycles. The highest BCUT2D eigenvalue weighted by atomic mass is 16.5. The van der Waals surface area contributed by atoms with Crippen LogP contribution < -0.4 is 4.74 Å². The van der Waals surface area contributed by atoms with Gasteiger partial charge in [-0.1, -0.05) is 17.7 Å². The van der Waals surface area contributed by atoms with E-state index in [0.717, 1.165) is 43.9 Å². The van der Waals surface area contributed by atoms with Crippen LogP contribution >= 0.6 is 0 Å². The molecule has 1 fully saturated rings. The predicted octanol–water partition coefficient (Wildman–Crippen LogP) is 4.80. The zero-order valence-corrected chi connectivity index (χ0v) is 16.4. The topological polar surface area (TPSA) is 49.8 Å². The van der Waals surface area contributed by atoms with E-state index < -0.39 is 5.60 Å². The predicted molar refractivity (Wildman–Crippen MR) is 107 cm³/mol. The second-order valence-electron chi connectivity index (χ2n) is 8.19. The summed E-state index contributed by atoms with van der Waals surface area (Å²) in [5.74, 6) is 2.06. The van der Waals surface area contributed by atoms with E-state index in [4.69, 9.17) is 4.74 Å². The molecule has 3 rings (SSSR count). The molecule has 4 heteroatoms. The number of carbonyl (C=O) groups is 1. The molecule has 0 bridgehead atoms. The third-order valence-electron chi connectivity index (χ3n) is 5.05. The molecule has 144 valence electrons. The third-order valence-corrected chi connectivity index (χ3v) is 5.05. The van der Waals surface area contributed by atoms with Gasteiger partial charge in [-0.05, 0) is 82.3 Å². The molecule has 0 aromatic heterocycles. The third kappa shape index (κ3) is 5.57. The van der Waals surface area contributed by atoms with Gasteiger partial charge in [0.2, 0.25) is 0 Å². The Bertz CT molecular complexity index is 752. The first-order chi connectivity index (χ1) is 12.8. The number of hydrogen-bond acceptors (Lipinski definition) is 3. The molecule has 0 unspecified atom stereocenters. The summed E-state index contributed by atoms with van der Waals surface area (Å²) >= 11 is 0. The Morgan fingerprint density at radius 3 is 2.07 bits per heavy atom. The number of aliphatic hydroxyl groups is 1. The van der Waals surface area contributed by atoms with Gasteiger partial charge >= 0.3 is 0 Å². The van der Waals surface area contributed by atoms with Gasteiger partial charge in [0, 0.05) is 18.7 Å². The summed E-state index contributed by atoms with van der Waals surface area (Å²) in [5.41, 5.74) is 1.24. The highest BCUT2D eigenvalue weighted by Crippen LogP contribution is 2.27. The largest absolute Gasteiger partial charge is 0.457 e. The van der Waals surface area contributed by atoms with Gasteiger partial charge in [0.05, 0.1) is 5.60 Å². The monoisotopic (exact) mass is 367 g/mol. The lowest BCUT2D eigenvalue weighted by molar-refractivity contribution is 0.0358. The van der Waals surface area contributed by atoms with E-state index in [0.29, 0.717) is 11.5 Å². The first kappa shape index (κ1) is 19.4. The van der Waals surface area contributed by atoms with Crippen LogP contribution in [-0.2, 0) is 0 Å². The summed E-state index contributed by atoms with van der Waals surface area (Å²) in [6.07, 6.45) is 2.69. The number of carbonyl (C=O) groups excluding carboxylic acids is 1. The number of amides is 1. The van der Waals surface area contributed by atoms with Crippen LogP contribution in [0.4, 0.5) is 0 Å². The van der Waals surface area contributed by atoms with Crippen LogP contribution in [0.3, 0.4) is 0 Å². The second kappa shape index (κ2) is 8.13. The fourth-order valence-electron chi connectivity index (χ4n) is 3.64. The minimum Gasteiger partial charge on any atom is -0.457 e. The average Bonchev–Trinajstić information content (AvgIpc) is 2.63. The van der Waals surface area contributed by atoms with Gasteiger partial charge in [0.15, 0.2) is 0 Å². The molecule has 4 nitrogen and oxygen atoms in total. The summed E-state index contributed by atoms with van der Waals surface area (Å²) in [7, 11) is 0. The van der Waals surface area contributed by atoms with Crippen molar-refractivity contribution in [2.75, 3.05) is 13.1 Å². The number of rotatable bonds is 5. The Morgan fingerprint density at radius 1 is 1.04 bits per heavy atom. The van der Waals surface area contributed by atoms with Crippen LogP contribution in [0, 0.1) is 12.8 Å². The lowest BCUT2D eigenvalue weighted by Crippen LogP contribution is -2.40. The van der Waals surface area contributed by atoms with E-state index in [2.05, 4.69) is 0 Å². The van der Waals surface area contributed by atoms with Crippen LogP contribution in [0.1, 0.15) is 49.0 Å². The number of aryl methyl sites for hydroxylation is 1. The molecule has 1 amide bonds. The van der Waals surface area contributed by atoms with Crippen molar-refractivity contribution in [1.82, 2.24) is 4.90 Å². The van der Waals surface area contributed by atoms with E-state index in [1.54, 1.807) is 0 Å². The zero-order valence-electron chi connectivity index (χ0n) is 16.4. The standard InChI is InChI=1S/C23H29NO3/c1-17-4-8-20(9-5-17)27-21-10-6-19(7-11-21)22(25)24-14-12-18(13-15-24)16-23(2,3)26/h4-11,18,26H,12-16H2,1-3H3. The molecule has 2 aromatic rings. The number of nitrogens with zero attached hydrogens (tertiary/aromatic N) is 1. The van der Waals surface area contributed by atoms with Gasteiger partial charge in [-0.2, -0.15) is 0 Å². The van der Waals surface area contributed by atoms with E-state index >= 15 is 0 Å². The summed E-state index contributed by atoms with van der Waals surface area (Å²) in [5, 5.41) is 9.98. The molecule has 0 aliphatic carbocycles. The maximum Gasteiger partial charge on any atom is 0.253 e. The van der Waals surface area contributed by atoms with Crippen LogP contribution in [0.2, 0.25) is 0 Å². The summed E-state index contributed by atoms with van der Waals surface area (Å²) in [4.78, 5) is 14.6. The van der Waals surface area contributed by atoms with Gasteiger partial charge in [-0.25, -0.2) is 0 Å². The molecule has 1 aliphatic heterocycles. The Morgan fingerprint density at radius 2 is 1.56 bits per heavy atom. The van der Waals surface area contributed by atoms with E-state index in [9.17, 15) is 9.90 Å². The highest BCUT2D eigenvalue weighted by Gasteiger charge is 2.27. The van der Waals surface area contributed by atoms with E-state index in [-0.39, 0.29) is 5.91 Å². The maximum atomic E-state index is 12.7. The quantitative estimate of drug-likeness (QED) is 0.826. The summed E-state index contributed by atoms with van der Waals surface area (Å²) in [6, 6.07) is 15.2. The molecule has 2 aromatic carbocycles. The van der Waals surface area contributed by atoms with Crippen LogP contribution in [0.15, 0.2) is 48.5 Å². The Hall–Kier alpha value is -2.33. The molecular formula is C23H29NO3. The molecule has 27 heavy (non-hydrogen) atoms. The summed E-state index contributed by atoms with van der Waals surface area (Å²) < 4.78 is 5.83. The van der Waals surface area contributed by atoms with Crippen molar-refractivity contribution in [2.45, 2.75) is 45.6 Å². The molecule has 1 saturated heterocycles. The normalized spacial score (nSPS) is 15.6. The van der Waals surface area contributed by atoms with Crippen molar-refractivity contribution in [3.8, 4) is 11.5 Å². The molecule has 0 atom stereocenters. The van der Waals surface area contributed by atoms with Crippen LogP contribution in [0.25, 0.3) is 0 Å². The fourth-order valence-corrected chi connectivity index (χ4v) is 3.64. The Labute approximate surface area is 161 Å². The van der Waals surface area contributed by atoms with Crippen molar-refractivity contribution in [2.24, 2.45) is 5.92 Å². The van der Waals surface area contributed by atoms with Crippen LogP contribution in [-0.4, -0.2) is 34.6 Å². The minimum atomic E-state index is -0.635. The molecular weight excluding hydrogens is 338 g/mol. The van der Waals surface area contributed by atoms with Gasteiger partial charge in [-0.15, -0.1) is 0 Å². The average molecular weight is 367 g/mol. The number of ether oxygens (including phenoxy) is 1. The van der Waals surface area contributed by atoms with Crippen molar-refractivity contribution < 1.29 is 14.6 Å². The number of benzene rings is 2. The molecule has 0 radical (unpaired) electrons. The number of likely N-dealkylation sites (tertiary alicyclic amines) is 1. The smallest absolute Gasteiger partial charge is 0.253 e. The highest BCUT2D eigenvalue weighted by molar-refractivity contribution is 5.94. The van der Waals surface area contributed by atoms with Crippen molar-refractivity contribution in [3.05, 3.63) is 59.7 Å². The van der Waals surface area contributed by atoms with E-state index in [1.807, 2.05) is 74.2 Å². The SMILES string of the molecule is Cc1ccc(Oc2ccc(C(=O)N3CCC(CC(C)(C)O)CC3)cc2)cc1. The van der Waals surface area contributed by atoms with Crippen LogP contribution in [0.5, 0.6) is 11.5 Å². The zero-order chi connectivity index (χ0) is 19.4. The molecule has 0 saturated carbocycles. The summed E-state index contributed by atoms with van der Waals surface area (Å²) in [6.45, 7) is 7.25. The number of hydrogen-bond donors (Lipinski definition) is 1. The lowest BCUT2D eigenvalue weighted by atomic mass is 9.86. The molecule has 1 aliphatic rings. The van der Waals surface area contributed by atoms with Gasteiger partial charge in [0.25, 0.3) is 5.91 Å². The van der Waals surface area contributed by atoms with Gasteiger partial charge in [0.1, 0.15) is 11.5 Å². The molecule has 1 N–H and O–H groups in total. The van der Waals surface area contributed by atoms with Crippen molar-refractivity contribution in [1.29, 1.82) is 0 Å². The van der Waals surface area contributed by atoms with Crippen molar-refractivity contribution >= 4 is 5.91 Å². The first-order valence-electron chi connectivity index (χ1n) is 9.66. The fraction of sp³-hybridized carbons (Fsp3) is 0.435. The lowest BCUT2D eigenvalue weighted by Gasteiger charge is -2.34. The Kier molecular flexibility index (Phi) is 5.85. The van der Waals surface area contributed by atoms with Gasteiger partial charge in [-0.3, -0.25) is 4.79 Å². The second-order valence-corrected chi connectivity index (χ2v) is 8.19. The number of piperidine rings is 1. The Balaban J connectivity index is 1.55. The van der Waals surface area contributed by atoms with E-state index in [1.165, 1.54) is 5.56 Å². The minimum absolute atomic E-state index is 0.0681. The van der Waals surface area contributed by atoms with Crippen molar-refractivity contribution in [3.63, 3.8) is 0 Å². The molecule has 0 spiro atoms. The first-order valence-corrected chi connectivity index (χ1v) is 9.66. The maximum absolute atomic E-state index is 12.7. The van der Waals surface area contributed by atoms with Gasteiger partial charge < -0.3 is 14.7 Å².